The molecule has 12 aromatic rings. The van der Waals surface area contributed by atoms with Crippen LogP contribution in [0.3, 0.4) is 0 Å². The van der Waals surface area contributed by atoms with Gasteiger partial charge in [-0.3, -0.25) is 0 Å². The molecule has 448 valence electrons. The van der Waals surface area contributed by atoms with Crippen molar-refractivity contribution in [3.8, 4) is 22.3 Å². The third kappa shape index (κ3) is 7.46. The minimum absolute atomic E-state index is 0.00776. The maximum Gasteiger partial charge on any atom is 0.264 e. The smallest absolute Gasteiger partial charge is 0.264 e. The Bertz CT molecular complexity index is 5080. The molecular weight excluding hydrogens is 1120 g/mol. The van der Waals surface area contributed by atoms with Gasteiger partial charge in [0, 0.05) is 70.7 Å². The van der Waals surface area contributed by atoms with Crippen molar-refractivity contribution in [2.75, 3.05) is 14.7 Å². The molecule has 0 saturated heterocycles. The fourth-order valence-electron chi connectivity index (χ4n) is 18.9. The Morgan fingerprint density at radius 3 is 1.96 bits per heavy atom. The number of aryl methyl sites for hydroxylation is 1. The van der Waals surface area contributed by atoms with Crippen LogP contribution in [0.4, 0.5) is 51.2 Å². The van der Waals surface area contributed by atoms with Crippen molar-refractivity contribution in [3.63, 3.8) is 0 Å². The average Bonchev–Trinajstić information content (AvgIpc) is 1.51. The first kappa shape index (κ1) is 55.3. The number of fused-ring (bicyclic) bond motifs is 18. The van der Waals surface area contributed by atoms with E-state index in [2.05, 4.69) is 297 Å². The van der Waals surface area contributed by atoms with Gasteiger partial charge in [0.15, 0.2) is 5.58 Å². The molecule has 4 heterocycles. The molecule has 3 unspecified atom stereocenters. The number of hydrogen-bond acceptors (Lipinski definition) is 5. The molecular formula is C85H78BN3OS. The SMILES string of the molecule is Cc1cc2c3c(c1)N(c1cccc4c1oc1ccccc14)c1cc(N(c4ccc(C(C)(C)C)cc4)c4ccccc4-c4ccccc4)ccc1B3c1sc3cc4c(cc3c1N2c1ccc2c(c1)C1(CC3CCC1(C)C3(C)C)c1ccccc1-2)C(C)(C)CCC4(C)C. The number of benzene rings is 10. The summed E-state index contributed by atoms with van der Waals surface area (Å²) in [7, 11) is 0. The second kappa shape index (κ2) is 18.8. The second-order valence-electron chi connectivity index (χ2n) is 31.0. The van der Waals surface area contributed by atoms with E-state index in [1.54, 1.807) is 5.56 Å². The average molecular weight is 1200 g/mol. The maximum absolute atomic E-state index is 7.18. The number of anilines is 9. The first-order valence-corrected chi connectivity index (χ1v) is 34.3. The molecule has 0 N–H and O–H groups in total. The summed E-state index contributed by atoms with van der Waals surface area (Å²) >= 11 is 2.04. The Morgan fingerprint density at radius 2 is 1.21 bits per heavy atom. The summed E-state index contributed by atoms with van der Waals surface area (Å²) in [6.07, 6.45) is 6.06. The summed E-state index contributed by atoms with van der Waals surface area (Å²) in [6, 6.07) is 79.6. The molecule has 4 aliphatic carbocycles. The van der Waals surface area contributed by atoms with Crippen LogP contribution in [0.1, 0.15) is 135 Å². The van der Waals surface area contributed by atoms with E-state index in [9.17, 15) is 0 Å². The van der Waals surface area contributed by atoms with Crippen molar-refractivity contribution in [1.29, 1.82) is 0 Å². The zero-order chi connectivity index (χ0) is 62.0. The summed E-state index contributed by atoms with van der Waals surface area (Å²) in [6.45, 7) is 27.0. The third-order valence-corrected chi connectivity index (χ3v) is 25.4. The predicted molar refractivity (Wildman–Crippen MR) is 387 cm³/mol. The summed E-state index contributed by atoms with van der Waals surface area (Å²) in [5.74, 6) is 0.661. The molecule has 4 nitrogen and oxygen atoms in total. The van der Waals surface area contributed by atoms with Gasteiger partial charge < -0.3 is 19.1 Å². The third-order valence-electron chi connectivity index (χ3n) is 24.2. The molecule has 6 aliphatic rings. The van der Waals surface area contributed by atoms with E-state index in [-0.39, 0.29) is 39.2 Å². The molecule has 2 saturated carbocycles. The van der Waals surface area contributed by atoms with Crippen molar-refractivity contribution in [3.05, 3.63) is 240 Å². The van der Waals surface area contributed by atoms with Crippen molar-refractivity contribution in [2.24, 2.45) is 16.7 Å². The van der Waals surface area contributed by atoms with Crippen molar-refractivity contribution >= 4 is 117 Å². The first-order valence-electron chi connectivity index (χ1n) is 33.5. The van der Waals surface area contributed by atoms with Gasteiger partial charge in [-0.2, -0.15) is 0 Å². The molecule has 2 bridgehead atoms. The highest BCUT2D eigenvalue weighted by atomic mass is 32.1. The van der Waals surface area contributed by atoms with E-state index in [0.29, 0.717) is 5.92 Å². The van der Waals surface area contributed by atoms with Gasteiger partial charge in [-0.15, -0.1) is 11.3 Å². The number of para-hydroxylation sites is 3. The van der Waals surface area contributed by atoms with Gasteiger partial charge >= 0.3 is 0 Å². The van der Waals surface area contributed by atoms with Crippen LogP contribution in [-0.4, -0.2) is 6.71 Å². The maximum atomic E-state index is 7.18. The second-order valence-corrected chi connectivity index (χ2v) is 32.1. The van der Waals surface area contributed by atoms with Crippen LogP contribution in [0.5, 0.6) is 0 Å². The van der Waals surface area contributed by atoms with Gasteiger partial charge in [-0.05, 0) is 212 Å². The highest BCUT2D eigenvalue weighted by Gasteiger charge is 2.71. The number of nitrogens with zero attached hydrogens (tertiary/aromatic N) is 3. The molecule has 2 fully saturated rings. The fraction of sp³-hybridized carbons (Fsp3) is 0.271. The molecule has 1 spiro atoms. The lowest BCUT2D eigenvalue weighted by molar-refractivity contribution is 0.0990. The van der Waals surface area contributed by atoms with Crippen LogP contribution in [0, 0.1) is 23.7 Å². The number of hydrogen-bond donors (Lipinski definition) is 0. The Morgan fingerprint density at radius 1 is 0.538 bits per heavy atom. The lowest BCUT2D eigenvalue weighted by atomic mass is 9.36. The van der Waals surface area contributed by atoms with E-state index >= 15 is 0 Å². The number of thiophene rings is 1. The lowest BCUT2D eigenvalue weighted by Gasteiger charge is -2.48. The van der Waals surface area contributed by atoms with E-state index in [4.69, 9.17) is 4.42 Å². The van der Waals surface area contributed by atoms with Crippen molar-refractivity contribution in [1.82, 2.24) is 0 Å². The summed E-state index contributed by atoms with van der Waals surface area (Å²) in [5, 5.41) is 3.59. The molecule has 2 aliphatic heterocycles. The number of furan rings is 1. The summed E-state index contributed by atoms with van der Waals surface area (Å²) in [5.41, 5.74) is 28.9. The zero-order valence-electron chi connectivity index (χ0n) is 54.5. The molecule has 6 heteroatoms. The molecule has 2 aromatic heterocycles. The normalized spacial score (nSPS) is 20.9. The molecule has 91 heavy (non-hydrogen) atoms. The van der Waals surface area contributed by atoms with Crippen LogP contribution >= 0.6 is 11.3 Å². The van der Waals surface area contributed by atoms with Gasteiger partial charge in [0.1, 0.15) is 5.58 Å². The van der Waals surface area contributed by atoms with Gasteiger partial charge in [-0.1, -0.05) is 197 Å². The summed E-state index contributed by atoms with van der Waals surface area (Å²) < 4.78 is 9.95. The summed E-state index contributed by atoms with van der Waals surface area (Å²) in [4.78, 5) is 7.87. The van der Waals surface area contributed by atoms with Gasteiger partial charge in [0.25, 0.3) is 6.71 Å². The van der Waals surface area contributed by atoms with Crippen LogP contribution < -0.4 is 30.4 Å². The van der Waals surface area contributed by atoms with Crippen LogP contribution in [0.25, 0.3) is 54.3 Å². The standard InChI is InChI=1S/C85H78BN3OS/c1-51-44-72-76-73(45-51)89(70-30-21-27-62-61-26-17-20-31-74(61)90-78(62)70)71-47-57(87(55-34-32-53(33-35-55)80(2,3)4)69-29-19-16-24-58(69)52-22-13-12-14-23-52)37-39-68(71)86(76)79-77(63-48-66-67(49-75(63)91-79)82(7,8)43-42-81(66,5)6)88(72)56-36-38-60-59-25-15-18-28-64(59)85(65(60)46-56)50-54-40-41-84(85,11)83(54,9)10/h12-39,44-49,54H,40-43,50H2,1-11H3. The highest BCUT2D eigenvalue weighted by Crippen LogP contribution is 2.78. The van der Waals surface area contributed by atoms with Crippen molar-refractivity contribution in [2.45, 2.75) is 130 Å². The monoisotopic (exact) mass is 1200 g/mol. The minimum Gasteiger partial charge on any atom is -0.454 e. The lowest BCUT2D eigenvalue weighted by Crippen LogP contribution is -2.60. The van der Waals surface area contributed by atoms with Crippen molar-refractivity contribution < 1.29 is 4.42 Å². The number of rotatable bonds is 6. The highest BCUT2D eigenvalue weighted by molar-refractivity contribution is 7.33. The van der Waals surface area contributed by atoms with Crippen LogP contribution in [0.15, 0.2) is 211 Å². The Labute approximate surface area is 541 Å². The molecule has 10 aromatic carbocycles. The van der Waals surface area contributed by atoms with Crippen LogP contribution in [0.2, 0.25) is 0 Å². The predicted octanol–water partition coefficient (Wildman–Crippen LogP) is 22.1. The zero-order valence-corrected chi connectivity index (χ0v) is 55.3. The first-order chi connectivity index (χ1) is 43.8. The van der Waals surface area contributed by atoms with Gasteiger partial charge in [0.05, 0.1) is 17.1 Å². The Kier molecular flexibility index (Phi) is 11.4. The molecule has 18 rings (SSSR count). The molecule has 3 atom stereocenters. The van der Waals surface area contributed by atoms with Crippen LogP contribution in [-0.2, 0) is 21.7 Å². The van der Waals surface area contributed by atoms with E-state index in [1.807, 2.05) is 11.3 Å². The minimum atomic E-state index is -0.0945. The fourth-order valence-corrected chi connectivity index (χ4v) is 20.3. The Hall–Kier alpha value is -8.58. The molecule has 0 amide bonds. The van der Waals surface area contributed by atoms with E-state index in [0.717, 1.165) is 56.8 Å². The van der Waals surface area contributed by atoms with E-state index in [1.165, 1.54) is 124 Å². The molecule has 0 radical (unpaired) electrons. The Balaban J connectivity index is 0.936. The largest absolute Gasteiger partial charge is 0.454 e. The quantitative estimate of drug-likeness (QED) is 0.155. The van der Waals surface area contributed by atoms with Gasteiger partial charge in [0.2, 0.25) is 0 Å². The van der Waals surface area contributed by atoms with Gasteiger partial charge in [-0.25, -0.2) is 0 Å². The topological polar surface area (TPSA) is 22.9 Å². The van der Waals surface area contributed by atoms with E-state index < -0.39 is 0 Å².